The summed E-state index contributed by atoms with van der Waals surface area (Å²) in [5.41, 5.74) is 0.984. The first-order valence-electron chi connectivity index (χ1n) is 6.93. The summed E-state index contributed by atoms with van der Waals surface area (Å²) < 4.78 is 26.4. The van der Waals surface area contributed by atoms with Crippen LogP contribution in [0.3, 0.4) is 0 Å². The highest BCUT2D eigenvalue weighted by molar-refractivity contribution is 8.00. The van der Waals surface area contributed by atoms with Crippen molar-refractivity contribution in [3.8, 4) is 0 Å². The summed E-state index contributed by atoms with van der Waals surface area (Å²) >= 11 is 7.99. The van der Waals surface area contributed by atoms with Crippen LogP contribution in [-0.4, -0.2) is 14.8 Å². The Bertz CT molecular complexity index is 617. The highest BCUT2D eigenvalue weighted by Gasteiger charge is 2.12. The van der Waals surface area contributed by atoms with Gasteiger partial charge in [-0.15, -0.1) is 11.8 Å². The van der Waals surface area contributed by atoms with Crippen molar-refractivity contribution in [2.45, 2.75) is 43.6 Å². The molecule has 0 aliphatic heterocycles. The first kappa shape index (κ1) is 17.2. The molecule has 0 saturated heterocycles. The monoisotopic (exact) mass is 345 g/mol. The summed E-state index contributed by atoms with van der Waals surface area (Å²) in [5, 5.41) is 4.26. The molecule has 1 aromatic heterocycles. The molecule has 1 heterocycles. The van der Waals surface area contributed by atoms with Gasteiger partial charge in [0.1, 0.15) is 5.82 Å². The third kappa shape index (κ3) is 4.44. The van der Waals surface area contributed by atoms with Crippen molar-refractivity contribution in [1.82, 2.24) is 14.9 Å². The number of rotatable bonds is 7. The van der Waals surface area contributed by atoms with Gasteiger partial charge in [0, 0.05) is 34.1 Å². The molecule has 0 saturated carbocycles. The van der Waals surface area contributed by atoms with E-state index < -0.39 is 6.55 Å². The van der Waals surface area contributed by atoms with E-state index in [9.17, 15) is 8.78 Å². The summed E-state index contributed by atoms with van der Waals surface area (Å²) in [6.07, 6.45) is 2.65. The van der Waals surface area contributed by atoms with E-state index in [0.717, 1.165) is 15.0 Å². The number of hydrogen-bond acceptors (Lipinski definition) is 3. The van der Waals surface area contributed by atoms with Crippen LogP contribution in [0.25, 0.3) is 0 Å². The number of nitrogens with zero attached hydrogens (tertiary/aromatic N) is 2. The van der Waals surface area contributed by atoms with Crippen LogP contribution in [0.15, 0.2) is 35.5 Å². The van der Waals surface area contributed by atoms with Gasteiger partial charge >= 0.3 is 6.55 Å². The Balaban J connectivity index is 2.04. The lowest BCUT2D eigenvalue weighted by molar-refractivity contribution is 0.0666. The van der Waals surface area contributed by atoms with Gasteiger partial charge in [-0.1, -0.05) is 31.5 Å². The van der Waals surface area contributed by atoms with E-state index in [-0.39, 0.29) is 6.54 Å². The van der Waals surface area contributed by atoms with Gasteiger partial charge in [0.2, 0.25) is 0 Å². The van der Waals surface area contributed by atoms with Crippen LogP contribution in [0.5, 0.6) is 0 Å². The maximum absolute atomic E-state index is 12.8. The van der Waals surface area contributed by atoms with Crippen molar-refractivity contribution in [2.75, 3.05) is 0 Å². The molecule has 0 fully saturated rings. The second-order valence-electron chi connectivity index (χ2n) is 5.02. The van der Waals surface area contributed by atoms with Crippen molar-refractivity contribution in [2.24, 2.45) is 0 Å². The van der Waals surface area contributed by atoms with Gasteiger partial charge < -0.3 is 5.32 Å². The van der Waals surface area contributed by atoms with E-state index in [2.05, 4.69) is 24.1 Å². The van der Waals surface area contributed by atoms with Gasteiger partial charge in [0.05, 0.1) is 6.54 Å². The molecular formula is C15H18ClF2N3S. The molecule has 1 aromatic carbocycles. The highest BCUT2D eigenvalue weighted by Crippen LogP contribution is 2.31. The molecule has 2 aromatic rings. The zero-order chi connectivity index (χ0) is 16.1. The number of aromatic nitrogens is 2. The molecule has 0 amide bonds. The molecule has 120 valence electrons. The van der Waals surface area contributed by atoms with Crippen LogP contribution >= 0.6 is 23.4 Å². The lowest BCUT2D eigenvalue weighted by atomic mass is 10.2. The fourth-order valence-electron chi connectivity index (χ4n) is 2.03. The Morgan fingerprint density at radius 1 is 1.32 bits per heavy atom. The summed E-state index contributed by atoms with van der Waals surface area (Å²) in [7, 11) is 0. The van der Waals surface area contributed by atoms with Crippen molar-refractivity contribution < 1.29 is 8.78 Å². The van der Waals surface area contributed by atoms with E-state index in [0.29, 0.717) is 22.6 Å². The molecule has 3 nitrogen and oxygen atoms in total. The SMILES string of the molecule is CC(C)Sc1cccc(Cl)c1CNCc1nccn1C(F)F. The molecule has 0 aliphatic carbocycles. The first-order valence-corrected chi connectivity index (χ1v) is 8.19. The largest absolute Gasteiger partial charge is 0.319 e. The number of thioether (sulfide) groups is 1. The minimum Gasteiger partial charge on any atom is -0.306 e. The zero-order valence-electron chi connectivity index (χ0n) is 12.4. The molecule has 0 aliphatic rings. The molecular weight excluding hydrogens is 328 g/mol. The number of nitrogens with one attached hydrogen (secondary N) is 1. The predicted octanol–water partition coefficient (Wildman–Crippen LogP) is 4.72. The normalized spacial score (nSPS) is 11.6. The Hall–Kier alpha value is -1.11. The quantitative estimate of drug-likeness (QED) is 0.736. The van der Waals surface area contributed by atoms with Crippen molar-refractivity contribution in [3.63, 3.8) is 0 Å². The van der Waals surface area contributed by atoms with Crippen molar-refractivity contribution in [1.29, 1.82) is 0 Å². The number of hydrogen-bond donors (Lipinski definition) is 1. The lowest BCUT2D eigenvalue weighted by Crippen LogP contribution is -2.17. The summed E-state index contributed by atoms with van der Waals surface area (Å²) in [4.78, 5) is 5.05. The highest BCUT2D eigenvalue weighted by atomic mass is 35.5. The fourth-order valence-corrected chi connectivity index (χ4v) is 3.32. The molecule has 0 spiro atoms. The smallest absolute Gasteiger partial charge is 0.306 e. The van der Waals surface area contributed by atoms with Gasteiger partial charge in [-0.25, -0.2) is 4.98 Å². The molecule has 0 atom stereocenters. The maximum atomic E-state index is 12.8. The van der Waals surface area contributed by atoms with Gasteiger partial charge in [-0.2, -0.15) is 8.78 Å². The molecule has 0 radical (unpaired) electrons. The third-order valence-electron chi connectivity index (χ3n) is 2.98. The number of halogens is 3. The standard InChI is InChI=1S/C15H18ClF2N3S/c1-10(2)22-13-5-3-4-12(16)11(13)8-19-9-14-20-6-7-21(14)15(17)18/h3-7,10,15,19H,8-9H2,1-2H3. The van der Waals surface area contributed by atoms with E-state index in [1.165, 1.54) is 12.4 Å². The molecule has 0 bridgehead atoms. The van der Waals surface area contributed by atoms with Crippen molar-refractivity contribution in [3.05, 3.63) is 47.0 Å². The van der Waals surface area contributed by atoms with Crippen LogP contribution in [0.1, 0.15) is 31.8 Å². The summed E-state index contributed by atoms with van der Waals surface area (Å²) in [6, 6.07) is 5.77. The molecule has 22 heavy (non-hydrogen) atoms. The van der Waals surface area contributed by atoms with Gasteiger partial charge in [-0.3, -0.25) is 4.57 Å². The first-order chi connectivity index (χ1) is 10.5. The Kier molecular flexibility index (Phi) is 6.23. The van der Waals surface area contributed by atoms with Crippen LogP contribution in [0.4, 0.5) is 8.78 Å². The molecule has 2 rings (SSSR count). The van der Waals surface area contributed by atoms with Crippen LogP contribution in [0.2, 0.25) is 5.02 Å². The number of benzene rings is 1. The minimum atomic E-state index is -2.58. The van der Waals surface area contributed by atoms with E-state index in [1.54, 1.807) is 11.8 Å². The third-order valence-corrected chi connectivity index (χ3v) is 4.44. The van der Waals surface area contributed by atoms with E-state index in [4.69, 9.17) is 11.6 Å². The van der Waals surface area contributed by atoms with Crippen LogP contribution in [0, 0.1) is 0 Å². The molecule has 0 unspecified atom stereocenters. The van der Waals surface area contributed by atoms with Gasteiger partial charge in [0.15, 0.2) is 0 Å². The Labute approximate surface area is 138 Å². The Morgan fingerprint density at radius 3 is 2.77 bits per heavy atom. The van der Waals surface area contributed by atoms with Crippen molar-refractivity contribution >= 4 is 23.4 Å². The molecule has 7 heteroatoms. The average molecular weight is 346 g/mol. The second kappa shape index (κ2) is 7.94. The number of alkyl halides is 2. The Morgan fingerprint density at radius 2 is 2.09 bits per heavy atom. The van der Waals surface area contributed by atoms with E-state index >= 15 is 0 Å². The topological polar surface area (TPSA) is 29.9 Å². The maximum Gasteiger partial charge on any atom is 0.319 e. The van der Waals surface area contributed by atoms with Gasteiger partial charge in [0.25, 0.3) is 0 Å². The second-order valence-corrected chi connectivity index (χ2v) is 7.04. The van der Waals surface area contributed by atoms with Crippen LogP contribution in [-0.2, 0) is 13.1 Å². The fraction of sp³-hybridized carbons (Fsp3) is 0.400. The lowest BCUT2D eigenvalue weighted by Gasteiger charge is -2.14. The molecule has 1 N–H and O–H groups in total. The minimum absolute atomic E-state index is 0.258. The van der Waals surface area contributed by atoms with Crippen LogP contribution < -0.4 is 5.32 Å². The predicted molar refractivity (Wildman–Crippen MR) is 86.5 cm³/mol. The average Bonchev–Trinajstić information content (AvgIpc) is 2.90. The summed E-state index contributed by atoms with van der Waals surface area (Å²) in [6.45, 7) is 2.41. The number of imidazole rings is 1. The van der Waals surface area contributed by atoms with Gasteiger partial charge in [-0.05, 0) is 17.7 Å². The summed E-state index contributed by atoms with van der Waals surface area (Å²) in [5.74, 6) is 0.306. The van der Waals surface area contributed by atoms with E-state index in [1.807, 2.05) is 18.2 Å². The zero-order valence-corrected chi connectivity index (χ0v) is 14.0.